The summed E-state index contributed by atoms with van der Waals surface area (Å²) in [5.74, 6) is -3.76. The third-order valence-corrected chi connectivity index (χ3v) is 2.84. The van der Waals surface area contributed by atoms with Crippen LogP contribution in [0.4, 0.5) is 8.78 Å². The molecule has 0 saturated heterocycles. The summed E-state index contributed by atoms with van der Waals surface area (Å²) in [7, 11) is 0. The van der Waals surface area contributed by atoms with Gasteiger partial charge >= 0.3 is 0 Å². The SMILES string of the molecule is CCSCC(=O)C1C=CC=CC1(F)F. The van der Waals surface area contributed by atoms with Crippen LogP contribution in [-0.4, -0.2) is 23.2 Å². The molecule has 0 fully saturated rings. The highest BCUT2D eigenvalue weighted by molar-refractivity contribution is 7.99. The van der Waals surface area contributed by atoms with Gasteiger partial charge in [0.25, 0.3) is 5.92 Å². The first-order valence-corrected chi connectivity index (χ1v) is 5.57. The molecule has 1 rings (SSSR count). The van der Waals surface area contributed by atoms with Crippen LogP contribution in [0.25, 0.3) is 0 Å². The van der Waals surface area contributed by atoms with Gasteiger partial charge in [-0.25, -0.2) is 8.78 Å². The van der Waals surface area contributed by atoms with Crippen LogP contribution < -0.4 is 0 Å². The van der Waals surface area contributed by atoms with Crippen LogP contribution in [0.1, 0.15) is 6.92 Å². The topological polar surface area (TPSA) is 17.1 Å². The fraction of sp³-hybridized carbons (Fsp3) is 0.500. The summed E-state index contributed by atoms with van der Waals surface area (Å²) in [5.41, 5.74) is 0. The van der Waals surface area contributed by atoms with Gasteiger partial charge in [-0.1, -0.05) is 25.2 Å². The molecule has 4 heteroatoms. The van der Waals surface area contributed by atoms with Gasteiger partial charge in [0, 0.05) is 0 Å². The lowest BCUT2D eigenvalue weighted by molar-refractivity contribution is -0.126. The summed E-state index contributed by atoms with van der Waals surface area (Å²) in [5, 5.41) is 0. The largest absolute Gasteiger partial charge is 0.298 e. The first-order valence-electron chi connectivity index (χ1n) is 4.42. The molecule has 0 aromatic heterocycles. The number of allylic oxidation sites excluding steroid dienone is 4. The molecular formula is C10H12F2OS. The van der Waals surface area contributed by atoms with E-state index in [1.54, 1.807) is 0 Å². The number of carbonyl (C=O) groups is 1. The Balaban J connectivity index is 2.63. The van der Waals surface area contributed by atoms with Gasteiger partial charge in [0.15, 0.2) is 5.78 Å². The monoisotopic (exact) mass is 218 g/mol. The molecular weight excluding hydrogens is 206 g/mol. The molecule has 1 aliphatic rings. The second-order valence-electron chi connectivity index (χ2n) is 3.00. The van der Waals surface area contributed by atoms with E-state index in [9.17, 15) is 13.6 Å². The van der Waals surface area contributed by atoms with Crippen molar-refractivity contribution in [3.05, 3.63) is 24.3 Å². The van der Waals surface area contributed by atoms with Crippen molar-refractivity contribution in [3.8, 4) is 0 Å². The van der Waals surface area contributed by atoms with Crippen molar-refractivity contribution in [2.75, 3.05) is 11.5 Å². The van der Waals surface area contributed by atoms with E-state index in [4.69, 9.17) is 0 Å². The molecule has 0 bridgehead atoms. The molecule has 0 radical (unpaired) electrons. The van der Waals surface area contributed by atoms with Crippen LogP contribution in [0.3, 0.4) is 0 Å². The van der Waals surface area contributed by atoms with Gasteiger partial charge in [-0.2, -0.15) is 11.8 Å². The zero-order chi connectivity index (χ0) is 10.6. The molecule has 1 nitrogen and oxygen atoms in total. The van der Waals surface area contributed by atoms with E-state index in [2.05, 4.69) is 0 Å². The Hall–Kier alpha value is -0.640. The fourth-order valence-corrected chi connectivity index (χ4v) is 1.79. The van der Waals surface area contributed by atoms with E-state index in [-0.39, 0.29) is 5.75 Å². The maximum absolute atomic E-state index is 13.2. The average molecular weight is 218 g/mol. The van der Waals surface area contributed by atoms with Crippen LogP contribution >= 0.6 is 11.8 Å². The molecule has 0 aromatic rings. The van der Waals surface area contributed by atoms with Crippen molar-refractivity contribution in [3.63, 3.8) is 0 Å². The van der Waals surface area contributed by atoms with E-state index in [1.165, 1.54) is 30.0 Å². The van der Waals surface area contributed by atoms with Gasteiger partial charge in [-0.05, 0) is 11.8 Å². The van der Waals surface area contributed by atoms with Crippen molar-refractivity contribution in [2.24, 2.45) is 5.92 Å². The van der Waals surface area contributed by atoms with Crippen molar-refractivity contribution in [2.45, 2.75) is 12.8 Å². The molecule has 0 aromatic carbocycles. The van der Waals surface area contributed by atoms with E-state index in [0.29, 0.717) is 0 Å². The quantitative estimate of drug-likeness (QED) is 0.721. The lowest BCUT2D eigenvalue weighted by Gasteiger charge is -2.22. The van der Waals surface area contributed by atoms with Gasteiger partial charge in [0.2, 0.25) is 0 Å². The number of rotatable bonds is 4. The lowest BCUT2D eigenvalue weighted by atomic mass is 9.93. The predicted molar refractivity (Wildman–Crippen MR) is 54.7 cm³/mol. The molecule has 0 aliphatic heterocycles. The van der Waals surface area contributed by atoms with Gasteiger partial charge in [0.1, 0.15) is 5.92 Å². The highest BCUT2D eigenvalue weighted by Gasteiger charge is 2.40. The number of ketones is 1. The van der Waals surface area contributed by atoms with Crippen LogP contribution in [-0.2, 0) is 4.79 Å². The van der Waals surface area contributed by atoms with Crippen molar-refractivity contribution >= 4 is 17.5 Å². The smallest absolute Gasteiger partial charge is 0.279 e. The Morgan fingerprint density at radius 2 is 2.21 bits per heavy atom. The van der Waals surface area contributed by atoms with E-state index >= 15 is 0 Å². The maximum Gasteiger partial charge on any atom is 0.279 e. The summed E-state index contributed by atoms with van der Waals surface area (Å²) in [4.78, 5) is 11.4. The number of carbonyl (C=O) groups excluding carboxylic acids is 1. The van der Waals surface area contributed by atoms with Gasteiger partial charge in [-0.15, -0.1) is 0 Å². The summed E-state index contributed by atoms with van der Waals surface area (Å²) in [6.45, 7) is 1.90. The van der Waals surface area contributed by atoms with Crippen LogP contribution in [0.5, 0.6) is 0 Å². The molecule has 14 heavy (non-hydrogen) atoms. The first-order chi connectivity index (χ1) is 6.58. The van der Waals surface area contributed by atoms with Gasteiger partial charge in [0.05, 0.1) is 5.75 Å². The summed E-state index contributed by atoms with van der Waals surface area (Å²) >= 11 is 1.37. The molecule has 0 spiro atoms. The van der Waals surface area contributed by atoms with Gasteiger partial charge in [-0.3, -0.25) is 4.79 Å². The first kappa shape index (κ1) is 11.4. The molecule has 0 saturated carbocycles. The van der Waals surface area contributed by atoms with Crippen molar-refractivity contribution in [1.29, 1.82) is 0 Å². The number of halogens is 2. The summed E-state index contributed by atoms with van der Waals surface area (Å²) in [6, 6.07) is 0. The van der Waals surface area contributed by atoms with Crippen molar-refractivity contribution in [1.82, 2.24) is 0 Å². The minimum atomic E-state index is -3.01. The minimum absolute atomic E-state index is 0.162. The van der Waals surface area contributed by atoms with Crippen LogP contribution in [0, 0.1) is 5.92 Å². The zero-order valence-electron chi connectivity index (χ0n) is 7.87. The normalized spacial score (nSPS) is 23.8. The minimum Gasteiger partial charge on any atom is -0.298 e. The van der Waals surface area contributed by atoms with E-state index < -0.39 is 17.6 Å². The summed E-state index contributed by atoms with van der Waals surface area (Å²) in [6.07, 6.45) is 4.83. The standard InChI is InChI=1S/C10H12F2OS/c1-2-14-7-9(13)8-5-3-4-6-10(8,11)12/h3-6,8H,2,7H2,1H3. The Morgan fingerprint density at radius 1 is 1.50 bits per heavy atom. The Bertz CT molecular complexity index is 271. The zero-order valence-corrected chi connectivity index (χ0v) is 8.69. The Morgan fingerprint density at radius 3 is 2.79 bits per heavy atom. The predicted octanol–water partition coefficient (Wildman–Crippen LogP) is 2.69. The molecule has 1 atom stereocenters. The Labute approximate surface area is 86.3 Å². The molecule has 0 N–H and O–H groups in total. The summed E-state index contributed by atoms with van der Waals surface area (Å²) < 4.78 is 26.4. The molecule has 0 heterocycles. The number of hydrogen-bond donors (Lipinski definition) is 0. The van der Waals surface area contributed by atoms with Crippen LogP contribution in [0.2, 0.25) is 0 Å². The molecule has 0 amide bonds. The molecule has 1 aliphatic carbocycles. The fourth-order valence-electron chi connectivity index (χ4n) is 1.21. The highest BCUT2D eigenvalue weighted by Crippen LogP contribution is 2.31. The van der Waals surface area contributed by atoms with Crippen molar-refractivity contribution < 1.29 is 13.6 Å². The van der Waals surface area contributed by atoms with Gasteiger partial charge < -0.3 is 0 Å². The maximum atomic E-state index is 13.2. The second-order valence-corrected chi connectivity index (χ2v) is 4.27. The number of Topliss-reactive ketones (excluding diaryl/α,β-unsaturated/α-hetero) is 1. The highest BCUT2D eigenvalue weighted by atomic mass is 32.2. The number of alkyl halides is 2. The average Bonchev–Trinajstić information content (AvgIpc) is 2.13. The second kappa shape index (κ2) is 4.73. The van der Waals surface area contributed by atoms with E-state index in [0.717, 1.165) is 11.8 Å². The number of thioether (sulfide) groups is 1. The van der Waals surface area contributed by atoms with E-state index in [1.807, 2.05) is 6.92 Å². The lowest BCUT2D eigenvalue weighted by Crippen LogP contribution is -2.33. The number of hydrogen-bond acceptors (Lipinski definition) is 2. The molecule has 78 valence electrons. The third-order valence-electron chi connectivity index (χ3n) is 1.94. The third kappa shape index (κ3) is 2.67. The molecule has 1 unspecified atom stereocenters. The Kier molecular flexibility index (Phi) is 3.86. The van der Waals surface area contributed by atoms with Crippen LogP contribution in [0.15, 0.2) is 24.3 Å².